The Bertz CT molecular complexity index is 359. The first-order valence-corrected chi connectivity index (χ1v) is 8.57. The van der Waals surface area contributed by atoms with E-state index in [0.717, 1.165) is 44.2 Å². The van der Waals surface area contributed by atoms with E-state index in [1.807, 2.05) is 0 Å². The molecule has 2 aliphatic rings. The Kier molecular flexibility index (Phi) is 5.67. The van der Waals surface area contributed by atoms with Gasteiger partial charge in [-0.2, -0.15) is 0 Å². The third-order valence-corrected chi connectivity index (χ3v) is 5.62. The lowest BCUT2D eigenvalue weighted by Crippen LogP contribution is -2.56. The van der Waals surface area contributed by atoms with Gasteiger partial charge in [-0.15, -0.1) is 0 Å². The number of rotatable bonds is 3. The predicted molar refractivity (Wildman–Crippen MR) is 84.9 cm³/mol. The highest BCUT2D eigenvalue weighted by atomic mass is 16.5. The normalized spacial score (nSPS) is 35.5. The summed E-state index contributed by atoms with van der Waals surface area (Å²) < 4.78 is 4.92. The Balaban J connectivity index is 1.96. The Morgan fingerprint density at radius 2 is 2.00 bits per heavy atom. The molecule has 1 heterocycles. The zero-order chi connectivity index (χ0) is 15.5. The second kappa shape index (κ2) is 7.10. The zero-order valence-corrected chi connectivity index (χ0v) is 13.9. The molecule has 0 bridgehead atoms. The minimum Gasteiger partial charge on any atom is -0.468 e. The van der Waals surface area contributed by atoms with Crippen LogP contribution in [0.4, 0.5) is 0 Å². The van der Waals surface area contributed by atoms with Crippen LogP contribution in [0.2, 0.25) is 0 Å². The summed E-state index contributed by atoms with van der Waals surface area (Å²) in [5.41, 5.74) is 5.56. The maximum absolute atomic E-state index is 12.0. The number of carbonyl (C=O) groups excluding carboxylic acids is 1. The van der Waals surface area contributed by atoms with Gasteiger partial charge in [0.05, 0.1) is 7.11 Å². The molecular formula is C17H32N2O2. The molecule has 122 valence electrons. The van der Waals surface area contributed by atoms with Gasteiger partial charge in [0.2, 0.25) is 0 Å². The number of carbonyl (C=O) groups is 1. The van der Waals surface area contributed by atoms with Crippen LogP contribution in [-0.2, 0) is 9.53 Å². The van der Waals surface area contributed by atoms with Gasteiger partial charge in [-0.1, -0.05) is 13.8 Å². The molecule has 2 N–H and O–H groups in total. The second-order valence-corrected chi connectivity index (χ2v) is 7.37. The van der Waals surface area contributed by atoms with E-state index in [9.17, 15) is 4.79 Å². The topological polar surface area (TPSA) is 55.6 Å². The molecule has 0 radical (unpaired) electrons. The Labute approximate surface area is 129 Å². The Hall–Kier alpha value is -0.610. The summed E-state index contributed by atoms with van der Waals surface area (Å²) in [4.78, 5) is 14.5. The van der Waals surface area contributed by atoms with Crippen molar-refractivity contribution in [2.75, 3.05) is 20.2 Å². The van der Waals surface area contributed by atoms with Crippen molar-refractivity contribution in [1.82, 2.24) is 4.90 Å². The van der Waals surface area contributed by atoms with E-state index in [1.54, 1.807) is 0 Å². The molecule has 0 amide bonds. The second-order valence-electron chi connectivity index (χ2n) is 7.37. The zero-order valence-electron chi connectivity index (χ0n) is 13.9. The minimum atomic E-state index is -0.762. The summed E-state index contributed by atoms with van der Waals surface area (Å²) in [7, 11) is 1.44. The molecule has 2 rings (SSSR count). The lowest BCUT2D eigenvalue weighted by molar-refractivity contribution is -0.149. The summed E-state index contributed by atoms with van der Waals surface area (Å²) in [5, 5.41) is 0. The monoisotopic (exact) mass is 296 g/mol. The fourth-order valence-electron chi connectivity index (χ4n) is 4.15. The average Bonchev–Trinajstić information content (AvgIpc) is 2.72. The van der Waals surface area contributed by atoms with E-state index in [4.69, 9.17) is 10.5 Å². The largest absolute Gasteiger partial charge is 0.468 e. The molecule has 1 saturated carbocycles. The van der Waals surface area contributed by atoms with Crippen LogP contribution >= 0.6 is 0 Å². The molecule has 0 aromatic carbocycles. The molecule has 2 fully saturated rings. The van der Waals surface area contributed by atoms with Gasteiger partial charge in [0.1, 0.15) is 5.54 Å². The number of esters is 1. The number of hydrogen-bond acceptors (Lipinski definition) is 4. The number of nitrogens with zero attached hydrogens (tertiary/aromatic N) is 1. The molecule has 3 atom stereocenters. The van der Waals surface area contributed by atoms with E-state index >= 15 is 0 Å². The van der Waals surface area contributed by atoms with Gasteiger partial charge in [0.15, 0.2) is 0 Å². The fourth-order valence-corrected chi connectivity index (χ4v) is 4.15. The highest BCUT2D eigenvalue weighted by Crippen LogP contribution is 2.33. The van der Waals surface area contributed by atoms with Gasteiger partial charge >= 0.3 is 5.97 Å². The van der Waals surface area contributed by atoms with Crippen molar-refractivity contribution in [3.63, 3.8) is 0 Å². The maximum Gasteiger partial charge on any atom is 0.325 e. The van der Waals surface area contributed by atoms with Crippen LogP contribution in [0, 0.1) is 11.8 Å². The van der Waals surface area contributed by atoms with Crippen LogP contribution < -0.4 is 5.73 Å². The van der Waals surface area contributed by atoms with Crippen LogP contribution in [0.25, 0.3) is 0 Å². The fraction of sp³-hybridized carbons (Fsp3) is 0.941. The van der Waals surface area contributed by atoms with Crippen molar-refractivity contribution in [3.8, 4) is 0 Å². The number of likely N-dealkylation sites (tertiary alicyclic amines) is 1. The van der Waals surface area contributed by atoms with E-state index in [0.29, 0.717) is 6.04 Å². The Morgan fingerprint density at radius 1 is 1.24 bits per heavy atom. The molecule has 0 aromatic heterocycles. The SMILES string of the molecule is COC(=O)C1(N)CCCC(N2CCCC(C(C)C)CC2)C1. The van der Waals surface area contributed by atoms with E-state index < -0.39 is 5.54 Å². The van der Waals surface area contributed by atoms with Gasteiger partial charge in [-0.25, -0.2) is 0 Å². The number of hydrogen-bond donors (Lipinski definition) is 1. The van der Waals surface area contributed by atoms with Crippen LogP contribution in [0.5, 0.6) is 0 Å². The third-order valence-electron chi connectivity index (χ3n) is 5.62. The van der Waals surface area contributed by atoms with E-state index in [-0.39, 0.29) is 5.97 Å². The molecule has 3 unspecified atom stereocenters. The van der Waals surface area contributed by atoms with Gasteiger partial charge in [0, 0.05) is 6.04 Å². The molecule has 1 aliphatic heterocycles. The molecule has 4 nitrogen and oxygen atoms in total. The van der Waals surface area contributed by atoms with Gasteiger partial charge < -0.3 is 15.4 Å². The quantitative estimate of drug-likeness (QED) is 0.813. The van der Waals surface area contributed by atoms with Crippen LogP contribution in [0.15, 0.2) is 0 Å². The number of methoxy groups -OCH3 is 1. The van der Waals surface area contributed by atoms with E-state index in [2.05, 4.69) is 18.7 Å². The standard InChI is InChI=1S/C17H32N2O2/c1-13(2)14-6-5-10-19(11-8-14)15-7-4-9-17(18,12-15)16(20)21-3/h13-15H,4-12,18H2,1-3H3. The number of nitrogens with two attached hydrogens (primary N) is 1. The van der Waals surface area contributed by atoms with Crippen molar-refractivity contribution in [3.05, 3.63) is 0 Å². The van der Waals surface area contributed by atoms with Gasteiger partial charge in [-0.05, 0) is 69.9 Å². The molecule has 1 saturated heterocycles. The lowest BCUT2D eigenvalue weighted by Gasteiger charge is -2.41. The van der Waals surface area contributed by atoms with E-state index in [1.165, 1.54) is 32.8 Å². The summed E-state index contributed by atoms with van der Waals surface area (Å²) in [6.45, 7) is 6.99. The summed E-state index contributed by atoms with van der Waals surface area (Å²) in [6.07, 6.45) is 7.61. The van der Waals surface area contributed by atoms with Gasteiger partial charge in [-0.3, -0.25) is 4.79 Å². The molecule has 4 heteroatoms. The van der Waals surface area contributed by atoms with Crippen molar-refractivity contribution in [1.29, 1.82) is 0 Å². The van der Waals surface area contributed by atoms with Crippen LogP contribution in [-0.4, -0.2) is 42.6 Å². The van der Waals surface area contributed by atoms with Crippen LogP contribution in [0.1, 0.15) is 58.8 Å². The van der Waals surface area contributed by atoms with Crippen molar-refractivity contribution in [2.24, 2.45) is 17.6 Å². The first-order valence-electron chi connectivity index (χ1n) is 8.57. The Morgan fingerprint density at radius 3 is 2.67 bits per heavy atom. The lowest BCUT2D eigenvalue weighted by atomic mass is 9.79. The highest BCUT2D eigenvalue weighted by molar-refractivity contribution is 5.80. The van der Waals surface area contributed by atoms with Crippen molar-refractivity contribution >= 4 is 5.97 Å². The third kappa shape index (κ3) is 3.98. The molecule has 0 spiro atoms. The van der Waals surface area contributed by atoms with Crippen molar-refractivity contribution < 1.29 is 9.53 Å². The maximum atomic E-state index is 12.0. The molecular weight excluding hydrogens is 264 g/mol. The first-order chi connectivity index (χ1) is 9.96. The summed E-state index contributed by atoms with van der Waals surface area (Å²) >= 11 is 0. The predicted octanol–water partition coefficient (Wildman–Crippen LogP) is 2.56. The summed E-state index contributed by atoms with van der Waals surface area (Å²) in [5.74, 6) is 1.39. The average molecular weight is 296 g/mol. The highest BCUT2D eigenvalue weighted by Gasteiger charge is 2.42. The molecule has 0 aromatic rings. The molecule has 1 aliphatic carbocycles. The van der Waals surface area contributed by atoms with Crippen molar-refractivity contribution in [2.45, 2.75) is 70.4 Å². The summed E-state index contributed by atoms with van der Waals surface area (Å²) in [6, 6.07) is 0.453. The minimum absolute atomic E-state index is 0.234. The van der Waals surface area contributed by atoms with Crippen LogP contribution in [0.3, 0.4) is 0 Å². The smallest absolute Gasteiger partial charge is 0.325 e. The molecule has 21 heavy (non-hydrogen) atoms. The van der Waals surface area contributed by atoms with Gasteiger partial charge in [0.25, 0.3) is 0 Å². The number of ether oxygens (including phenoxy) is 1. The first kappa shape index (κ1) is 16.8.